The van der Waals surface area contributed by atoms with Gasteiger partial charge in [-0.2, -0.15) is 39.5 Å². The lowest BCUT2D eigenvalue weighted by molar-refractivity contribution is -0.143. The Morgan fingerprint density at radius 2 is 1.50 bits per heavy atom. The summed E-state index contributed by atoms with van der Waals surface area (Å²) in [6, 6.07) is 4.33. The average Bonchev–Trinajstić information content (AvgIpc) is 3.11. The SMILES string of the molecule is Cc1cc(N(Cc2cc(C(F)(F)F)cc(C(F)(F)F)c2)C2CCCNc3cc(C(F)(F)F)c(C)cc32)on1. The van der Waals surface area contributed by atoms with Crippen LogP contribution < -0.4 is 10.2 Å². The second kappa shape index (κ2) is 9.73. The van der Waals surface area contributed by atoms with Crippen LogP contribution in [0.15, 0.2) is 40.9 Å². The molecule has 1 atom stereocenters. The zero-order chi connectivity index (χ0) is 28.0. The first kappa shape index (κ1) is 27.6. The highest BCUT2D eigenvalue weighted by Gasteiger charge is 2.38. The molecule has 1 aliphatic heterocycles. The molecule has 2 heterocycles. The van der Waals surface area contributed by atoms with E-state index in [0.29, 0.717) is 42.8 Å². The Morgan fingerprint density at radius 3 is 2.03 bits per heavy atom. The fourth-order valence-corrected chi connectivity index (χ4v) is 4.60. The Bertz CT molecular complexity index is 1280. The van der Waals surface area contributed by atoms with Crippen molar-refractivity contribution in [1.82, 2.24) is 5.16 Å². The Hall–Kier alpha value is -3.38. The monoisotopic (exact) mass is 551 g/mol. The largest absolute Gasteiger partial charge is 0.416 e. The standard InChI is InChI=1S/C25H22F9N3O/c1-13-6-18-20(11-19(13)25(32,33)34)35-5-3-4-21(18)37(22-7-14(2)36-38-22)12-15-8-16(23(26,27)28)10-17(9-15)24(29,30)31/h6-11,21,35H,3-5,12H2,1-2H3. The first-order valence-electron chi connectivity index (χ1n) is 11.5. The maximum absolute atomic E-state index is 13.6. The molecule has 2 aromatic carbocycles. The lowest BCUT2D eigenvalue weighted by Crippen LogP contribution is -2.29. The number of hydrogen-bond acceptors (Lipinski definition) is 4. The highest BCUT2D eigenvalue weighted by molar-refractivity contribution is 5.60. The van der Waals surface area contributed by atoms with Crippen molar-refractivity contribution >= 4 is 11.6 Å². The molecule has 1 N–H and O–H groups in total. The van der Waals surface area contributed by atoms with Crippen LogP contribution in [0.1, 0.15) is 58.0 Å². The van der Waals surface area contributed by atoms with Gasteiger partial charge in [-0.3, -0.25) is 0 Å². The van der Waals surface area contributed by atoms with Gasteiger partial charge in [0.05, 0.1) is 28.4 Å². The number of aromatic nitrogens is 1. The minimum Gasteiger partial charge on any atom is -0.385 e. The summed E-state index contributed by atoms with van der Waals surface area (Å²) < 4.78 is 127. The van der Waals surface area contributed by atoms with Crippen LogP contribution in [-0.2, 0) is 25.1 Å². The molecule has 0 bridgehead atoms. The lowest BCUT2D eigenvalue weighted by atomic mass is 9.94. The van der Waals surface area contributed by atoms with E-state index < -0.39 is 47.8 Å². The predicted molar refractivity (Wildman–Crippen MR) is 121 cm³/mol. The Morgan fingerprint density at radius 1 is 0.868 bits per heavy atom. The Labute approximate surface area is 211 Å². The second-order valence-corrected chi connectivity index (χ2v) is 9.19. The van der Waals surface area contributed by atoms with Gasteiger partial charge >= 0.3 is 18.5 Å². The molecule has 1 unspecified atom stereocenters. The van der Waals surface area contributed by atoms with Crippen LogP contribution in [0.25, 0.3) is 0 Å². The van der Waals surface area contributed by atoms with Crippen molar-refractivity contribution in [2.75, 3.05) is 16.8 Å². The van der Waals surface area contributed by atoms with Gasteiger partial charge in [0, 0.05) is 24.8 Å². The van der Waals surface area contributed by atoms with Gasteiger partial charge in [0.1, 0.15) is 0 Å². The minimum absolute atomic E-state index is 0.0410. The number of benzene rings is 2. The zero-order valence-corrected chi connectivity index (χ0v) is 20.1. The quantitative estimate of drug-likeness (QED) is 0.331. The Balaban J connectivity index is 1.86. The molecule has 4 rings (SSSR count). The number of aryl methyl sites for hydroxylation is 2. The van der Waals surface area contributed by atoms with E-state index in [0.717, 1.165) is 6.07 Å². The Kier molecular flexibility index (Phi) is 7.08. The van der Waals surface area contributed by atoms with Crippen LogP contribution in [0.5, 0.6) is 0 Å². The number of nitrogens with one attached hydrogen (secondary N) is 1. The summed E-state index contributed by atoms with van der Waals surface area (Å²) in [5.41, 5.74) is -3.17. The number of halogens is 9. The molecule has 0 amide bonds. The second-order valence-electron chi connectivity index (χ2n) is 9.19. The van der Waals surface area contributed by atoms with E-state index in [-0.39, 0.29) is 28.8 Å². The third kappa shape index (κ3) is 5.86. The highest BCUT2D eigenvalue weighted by atomic mass is 19.4. The number of nitrogens with zero attached hydrogens (tertiary/aromatic N) is 2. The summed E-state index contributed by atoms with van der Waals surface area (Å²) >= 11 is 0. The average molecular weight is 551 g/mol. The summed E-state index contributed by atoms with van der Waals surface area (Å²) in [6.07, 6.45) is -13.9. The number of alkyl halides is 9. The molecule has 1 aliphatic rings. The molecule has 1 aromatic heterocycles. The molecule has 4 nitrogen and oxygen atoms in total. The molecule has 0 saturated heterocycles. The molecule has 3 aromatic rings. The molecule has 0 spiro atoms. The van der Waals surface area contributed by atoms with Crippen molar-refractivity contribution < 1.29 is 44.0 Å². The summed E-state index contributed by atoms with van der Waals surface area (Å²) in [5, 5.41) is 6.75. The fourth-order valence-electron chi connectivity index (χ4n) is 4.60. The molecule has 38 heavy (non-hydrogen) atoms. The minimum atomic E-state index is -5.03. The number of fused-ring (bicyclic) bond motifs is 1. The van der Waals surface area contributed by atoms with Gasteiger partial charge in [-0.15, -0.1) is 0 Å². The number of hydrogen-bond donors (Lipinski definition) is 1. The van der Waals surface area contributed by atoms with Gasteiger partial charge in [-0.05, 0) is 67.6 Å². The summed E-state index contributed by atoms with van der Waals surface area (Å²) in [4.78, 5) is 1.44. The zero-order valence-electron chi connectivity index (χ0n) is 20.1. The molecule has 0 aliphatic carbocycles. The van der Waals surface area contributed by atoms with Gasteiger partial charge in [0.25, 0.3) is 0 Å². The number of anilines is 2. The van der Waals surface area contributed by atoms with Crippen molar-refractivity contribution in [3.63, 3.8) is 0 Å². The first-order chi connectivity index (χ1) is 17.5. The van der Waals surface area contributed by atoms with Crippen LogP contribution >= 0.6 is 0 Å². The fraction of sp³-hybridized carbons (Fsp3) is 0.400. The van der Waals surface area contributed by atoms with Crippen molar-refractivity contribution in [2.24, 2.45) is 0 Å². The molecule has 0 radical (unpaired) electrons. The van der Waals surface area contributed by atoms with E-state index in [1.807, 2.05) is 0 Å². The molecular weight excluding hydrogens is 529 g/mol. The molecule has 0 saturated carbocycles. The van der Waals surface area contributed by atoms with Crippen molar-refractivity contribution in [3.05, 3.63) is 75.5 Å². The summed E-state index contributed by atoms with van der Waals surface area (Å²) in [7, 11) is 0. The van der Waals surface area contributed by atoms with Crippen LogP contribution in [0.3, 0.4) is 0 Å². The smallest absolute Gasteiger partial charge is 0.385 e. The summed E-state index contributed by atoms with van der Waals surface area (Å²) in [6.45, 7) is 2.73. The van der Waals surface area contributed by atoms with Gasteiger partial charge in [0.15, 0.2) is 0 Å². The van der Waals surface area contributed by atoms with Crippen LogP contribution in [-0.4, -0.2) is 11.7 Å². The third-order valence-electron chi connectivity index (χ3n) is 6.31. The maximum Gasteiger partial charge on any atom is 0.416 e. The topological polar surface area (TPSA) is 41.3 Å². The molecule has 0 fully saturated rings. The maximum atomic E-state index is 13.6. The molecule has 13 heteroatoms. The van der Waals surface area contributed by atoms with Gasteiger partial charge < -0.3 is 14.7 Å². The van der Waals surface area contributed by atoms with Gasteiger partial charge in [0.2, 0.25) is 5.88 Å². The van der Waals surface area contributed by atoms with Crippen LogP contribution in [0.2, 0.25) is 0 Å². The van der Waals surface area contributed by atoms with E-state index in [9.17, 15) is 39.5 Å². The first-order valence-corrected chi connectivity index (χ1v) is 11.5. The van der Waals surface area contributed by atoms with E-state index in [1.165, 1.54) is 24.0 Å². The van der Waals surface area contributed by atoms with Gasteiger partial charge in [-0.25, -0.2) is 0 Å². The van der Waals surface area contributed by atoms with Crippen molar-refractivity contribution in [1.29, 1.82) is 0 Å². The predicted octanol–water partition coefficient (Wildman–Crippen LogP) is 8.30. The van der Waals surface area contributed by atoms with E-state index >= 15 is 0 Å². The molecule has 206 valence electrons. The van der Waals surface area contributed by atoms with Crippen LogP contribution in [0.4, 0.5) is 51.1 Å². The van der Waals surface area contributed by atoms with Crippen molar-refractivity contribution in [3.8, 4) is 0 Å². The summed E-state index contributed by atoms with van der Waals surface area (Å²) in [5.74, 6) is 0.0591. The van der Waals surface area contributed by atoms with Crippen LogP contribution in [0, 0.1) is 13.8 Å². The third-order valence-corrected chi connectivity index (χ3v) is 6.31. The van der Waals surface area contributed by atoms with E-state index in [4.69, 9.17) is 4.52 Å². The molecular formula is C25H22F9N3O. The van der Waals surface area contributed by atoms with Crippen molar-refractivity contribution in [2.45, 2.75) is 57.8 Å². The number of rotatable bonds is 4. The van der Waals surface area contributed by atoms with Gasteiger partial charge in [-0.1, -0.05) is 11.2 Å². The normalized spacial score (nSPS) is 16.6. The van der Waals surface area contributed by atoms with E-state index in [2.05, 4.69) is 10.5 Å². The highest BCUT2D eigenvalue weighted by Crippen LogP contribution is 2.43. The lowest BCUT2D eigenvalue weighted by Gasteiger charge is -2.32. The van der Waals surface area contributed by atoms with E-state index in [1.54, 1.807) is 6.92 Å².